The molecule has 2 N–H and O–H groups in total. The van der Waals surface area contributed by atoms with E-state index in [0.29, 0.717) is 11.5 Å². The SMILES string of the molecule is CN1CCCC(C(=O)Nc2[nH]nc3nccc(-c4ccccc4)c23)C1. The van der Waals surface area contributed by atoms with Crippen molar-refractivity contribution in [1.82, 2.24) is 20.1 Å². The van der Waals surface area contributed by atoms with Gasteiger partial charge in [-0.2, -0.15) is 5.10 Å². The van der Waals surface area contributed by atoms with Gasteiger partial charge in [-0.1, -0.05) is 30.3 Å². The number of rotatable bonds is 3. The monoisotopic (exact) mass is 335 g/mol. The van der Waals surface area contributed by atoms with Crippen molar-refractivity contribution in [3.63, 3.8) is 0 Å². The van der Waals surface area contributed by atoms with E-state index >= 15 is 0 Å². The van der Waals surface area contributed by atoms with Crippen LogP contribution >= 0.6 is 0 Å². The van der Waals surface area contributed by atoms with Crippen LogP contribution in [0.5, 0.6) is 0 Å². The Hall–Kier alpha value is -2.73. The molecule has 4 rings (SSSR count). The van der Waals surface area contributed by atoms with Crippen molar-refractivity contribution in [2.75, 3.05) is 25.5 Å². The van der Waals surface area contributed by atoms with Gasteiger partial charge in [-0.25, -0.2) is 4.98 Å². The minimum atomic E-state index is 0.00828. The molecule has 1 aliphatic heterocycles. The van der Waals surface area contributed by atoms with Crippen molar-refractivity contribution < 1.29 is 4.79 Å². The summed E-state index contributed by atoms with van der Waals surface area (Å²) in [5.74, 6) is 0.675. The fourth-order valence-electron chi connectivity index (χ4n) is 3.50. The summed E-state index contributed by atoms with van der Waals surface area (Å²) in [5.41, 5.74) is 2.69. The lowest BCUT2D eigenvalue weighted by molar-refractivity contribution is -0.121. The molecule has 0 radical (unpaired) electrons. The maximum atomic E-state index is 12.7. The summed E-state index contributed by atoms with van der Waals surface area (Å²) < 4.78 is 0. The van der Waals surface area contributed by atoms with E-state index in [1.165, 1.54) is 0 Å². The third-order valence-corrected chi connectivity index (χ3v) is 4.78. The molecule has 0 bridgehead atoms. The number of piperidine rings is 1. The molecular formula is C19H21N5O. The van der Waals surface area contributed by atoms with Crippen LogP contribution in [0.2, 0.25) is 0 Å². The molecule has 128 valence electrons. The number of fused-ring (bicyclic) bond motifs is 1. The average Bonchev–Trinajstić information content (AvgIpc) is 3.05. The zero-order chi connectivity index (χ0) is 17.2. The van der Waals surface area contributed by atoms with Crippen LogP contribution in [-0.4, -0.2) is 46.1 Å². The summed E-state index contributed by atoms with van der Waals surface area (Å²) in [6.07, 6.45) is 3.72. The highest BCUT2D eigenvalue weighted by Gasteiger charge is 2.25. The first-order chi connectivity index (χ1) is 12.2. The number of pyridine rings is 1. The fourth-order valence-corrected chi connectivity index (χ4v) is 3.50. The van der Waals surface area contributed by atoms with Crippen LogP contribution in [0.25, 0.3) is 22.2 Å². The van der Waals surface area contributed by atoms with Gasteiger partial charge in [0.2, 0.25) is 5.91 Å². The number of benzene rings is 1. The Morgan fingerprint density at radius 1 is 1.28 bits per heavy atom. The van der Waals surface area contributed by atoms with Gasteiger partial charge in [0.15, 0.2) is 5.65 Å². The molecule has 2 aromatic heterocycles. The molecule has 0 spiro atoms. The Labute approximate surface area is 146 Å². The summed E-state index contributed by atoms with van der Waals surface area (Å²) in [6, 6.07) is 12.0. The van der Waals surface area contributed by atoms with Crippen LogP contribution in [0.3, 0.4) is 0 Å². The highest BCUT2D eigenvalue weighted by molar-refractivity contribution is 6.05. The molecule has 6 heteroatoms. The van der Waals surface area contributed by atoms with Crippen LogP contribution in [0.15, 0.2) is 42.6 Å². The van der Waals surface area contributed by atoms with Gasteiger partial charge in [-0.15, -0.1) is 0 Å². The Bertz CT molecular complexity index is 889. The Morgan fingerprint density at radius 3 is 2.92 bits per heavy atom. The van der Waals surface area contributed by atoms with Gasteiger partial charge in [0.1, 0.15) is 5.82 Å². The van der Waals surface area contributed by atoms with E-state index in [2.05, 4.69) is 32.4 Å². The Kier molecular flexibility index (Phi) is 4.19. The normalized spacial score (nSPS) is 18.4. The fraction of sp³-hybridized carbons (Fsp3) is 0.316. The number of likely N-dealkylation sites (tertiary alicyclic amines) is 1. The standard InChI is InChI=1S/C19H21N5O/c1-24-11-5-8-14(12-24)19(25)21-18-16-15(13-6-3-2-4-7-13)9-10-20-17(16)22-23-18/h2-4,6-7,9-10,14H,5,8,11-12H2,1H3,(H2,20,21,22,23,25). The van der Waals surface area contributed by atoms with E-state index in [1.807, 2.05) is 36.4 Å². The van der Waals surface area contributed by atoms with Crippen molar-refractivity contribution in [3.8, 4) is 11.1 Å². The van der Waals surface area contributed by atoms with Gasteiger partial charge < -0.3 is 10.2 Å². The van der Waals surface area contributed by atoms with Crippen molar-refractivity contribution >= 4 is 22.8 Å². The second-order valence-electron chi connectivity index (χ2n) is 6.61. The zero-order valence-corrected chi connectivity index (χ0v) is 14.2. The smallest absolute Gasteiger partial charge is 0.229 e. The first-order valence-corrected chi connectivity index (χ1v) is 8.60. The number of H-pyrrole nitrogens is 1. The number of hydrogen-bond donors (Lipinski definition) is 2. The first-order valence-electron chi connectivity index (χ1n) is 8.60. The number of nitrogens with one attached hydrogen (secondary N) is 2. The van der Waals surface area contributed by atoms with Crippen molar-refractivity contribution in [2.24, 2.45) is 5.92 Å². The molecule has 0 aliphatic carbocycles. The quantitative estimate of drug-likeness (QED) is 0.772. The molecule has 6 nitrogen and oxygen atoms in total. The van der Waals surface area contributed by atoms with E-state index < -0.39 is 0 Å². The van der Waals surface area contributed by atoms with Gasteiger partial charge in [-0.05, 0) is 43.6 Å². The second-order valence-corrected chi connectivity index (χ2v) is 6.61. The summed E-state index contributed by atoms with van der Waals surface area (Å²) in [7, 11) is 2.06. The van der Waals surface area contributed by atoms with Gasteiger partial charge in [-0.3, -0.25) is 9.89 Å². The molecular weight excluding hydrogens is 314 g/mol. The number of aromatic amines is 1. The van der Waals surface area contributed by atoms with Crippen LogP contribution < -0.4 is 5.32 Å². The third-order valence-electron chi connectivity index (χ3n) is 4.78. The molecule has 1 saturated heterocycles. The topological polar surface area (TPSA) is 73.9 Å². The van der Waals surface area contributed by atoms with E-state index in [0.717, 1.165) is 42.4 Å². The maximum Gasteiger partial charge on any atom is 0.229 e. The Balaban J connectivity index is 1.67. The second kappa shape index (κ2) is 6.64. The number of aromatic nitrogens is 3. The van der Waals surface area contributed by atoms with Gasteiger partial charge in [0, 0.05) is 12.7 Å². The molecule has 3 aromatic rings. The van der Waals surface area contributed by atoms with Crippen LogP contribution in [0.1, 0.15) is 12.8 Å². The van der Waals surface area contributed by atoms with Crippen molar-refractivity contribution in [1.29, 1.82) is 0 Å². The molecule has 1 aromatic carbocycles. The minimum absolute atomic E-state index is 0.00828. The highest BCUT2D eigenvalue weighted by atomic mass is 16.2. The predicted molar refractivity (Wildman–Crippen MR) is 98.2 cm³/mol. The lowest BCUT2D eigenvalue weighted by Gasteiger charge is -2.28. The van der Waals surface area contributed by atoms with Crippen LogP contribution in [-0.2, 0) is 4.79 Å². The summed E-state index contributed by atoms with van der Waals surface area (Å²) in [5, 5.41) is 11.1. The number of carbonyl (C=O) groups excluding carboxylic acids is 1. The minimum Gasteiger partial charge on any atom is -0.310 e. The molecule has 25 heavy (non-hydrogen) atoms. The predicted octanol–water partition coefficient (Wildman–Crippen LogP) is 2.91. The van der Waals surface area contributed by atoms with Gasteiger partial charge >= 0.3 is 0 Å². The van der Waals surface area contributed by atoms with Gasteiger partial charge in [0.25, 0.3) is 0 Å². The average molecular weight is 335 g/mol. The maximum absolute atomic E-state index is 12.7. The summed E-state index contributed by atoms with van der Waals surface area (Å²) in [4.78, 5) is 19.2. The van der Waals surface area contributed by atoms with Crippen LogP contribution in [0.4, 0.5) is 5.82 Å². The molecule has 1 unspecified atom stereocenters. The number of anilines is 1. The van der Waals surface area contributed by atoms with E-state index in [4.69, 9.17) is 0 Å². The third kappa shape index (κ3) is 3.13. The van der Waals surface area contributed by atoms with Gasteiger partial charge in [0.05, 0.1) is 11.3 Å². The van der Waals surface area contributed by atoms with Crippen molar-refractivity contribution in [3.05, 3.63) is 42.6 Å². The number of carbonyl (C=O) groups is 1. The van der Waals surface area contributed by atoms with E-state index in [1.54, 1.807) is 6.20 Å². The van der Waals surface area contributed by atoms with Crippen molar-refractivity contribution in [2.45, 2.75) is 12.8 Å². The Morgan fingerprint density at radius 2 is 2.12 bits per heavy atom. The highest BCUT2D eigenvalue weighted by Crippen LogP contribution is 2.31. The summed E-state index contributed by atoms with van der Waals surface area (Å²) >= 11 is 0. The molecule has 1 fully saturated rings. The molecule has 1 aliphatic rings. The molecule has 3 heterocycles. The molecule has 1 amide bonds. The summed E-state index contributed by atoms with van der Waals surface area (Å²) in [6.45, 7) is 1.85. The number of nitrogens with zero attached hydrogens (tertiary/aromatic N) is 3. The zero-order valence-electron chi connectivity index (χ0n) is 14.2. The lowest BCUT2D eigenvalue weighted by atomic mass is 9.97. The number of hydrogen-bond acceptors (Lipinski definition) is 4. The van der Waals surface area contributed by atoms with E-state index in [9.17, 15) is 4.79 Å². The molecule has 1 atom stereocenters. The largest absolute Gasteiger partial charge is 0.310 e. The molecule has 0 saturated carbocycles. The van der Waals surface area contributed by atoms with E-state index in [-0.39, 0.29) is 11.8 Å². The lowest BCUT2D eigenvalue weighted by Crippen LogP contribution is -2.38. The first kappa shape index (κ1) is 15.8. The van der Waals surface area contributed by atoms with Crippen LogP contribution in [0, 0.1) is 5.92 Å². The number of amides is 1.